The Morgan fingerprint density at radius 3 is 2.15 bits per heavy atom. The molecular formula is C20H21ClF2N2O2. The summed E-state index contributed by atoms with van der Waals surface area (Å²) in [6.45, 7) is 1.23. The van der Waals surface area contributed by atoms with Gasteiger partial charge in [0.25, 0.3) is 6.43 Å². The molecule has 0 aromatic heterocycles. The van der Waals surface area contributed by atoms with E-state index < -0.39 is 19.1 Å². The molecule has 1 aliphatic heterocycles. The van der Waals surface area contributed by atoms with Crippen LogP contribution in [0.2, 0.25) is 5.02 Å². The molecule has 1 heterocycles. The van der Waals surface area contributed by atoms with Crippen molar-refractivity contribution in [3.63, 3.8) is 0 Å². The molecule has 0 bridgehead atoms. The quantitative estimate of drug-likeness (QED) is 0.751. The van der Waals surface area contributed by atoms with Crippen molar-refractivity contribution in [2.24, 2.45) is 0 Å². The molecule has 7 heteroatoms. The third kappa shape index (κ3) is 5.17. The van der Waals surface area contributed by atoms with Gasteiger partial charge in [0, 0.05) is 31.2 Å². The predicted molar refractivity (Wildman–Crippen MR) is 100 cm³/mol. The van der Waals surface area contributed by atoms with Crippen LogP contribution in [0.15, 0.2) is 54.6 Å². The van der Waals surface area contributed by atoms with E-state index in [1.807, 2.05) is 42.5 Å². The molecule has 0 saturated carbocycles. The molecule has 3 rings (SSSR count). The van der Waals surface area contributed by atoms with E-state index in [0.717, 1.165) is 11.1 Å². The SMILES string of the molecule is O=C(OCC(F)F)N1CCN(C(c2ccccc2)c2ccc(Cl)cc2)CC1. The number of benzene rings is 2. The van der Waals surface area contributed by atoms with Crippen LogP contribution in [0.4, 0.5) is 13.6 Å². The van der Waals surface area contributed by atoms with Crippen molar-refractivity contribution in [2.45, 2.75) is 12.5 Å². The highest BCUT2D eigenvalue weighted by molar-refractivity contribution is 6.30. The largest absolute Gasteiger partial charge is 0.443 e. The number of hydrogen-bond acceptors (Lipinski definition) is 3. The second-order valence-electron chi connectivity index (χ2n) is 6.36. The lowest BCUT2D eigenvalue weighted by atomic mass is 9.96. The first-order valence-corrected chi connectivity index (χ1v) is 9.16. The van der Waals surface area contributed by atoms with E-state index in [-0.39, 0.29) is 6.04 Å². The van der Waals surface area contributed by atoms with Gasteiger partial charge in [-0.1, -0.05) is 54.1 Å². The normalized spacial score (nSPS) is 16.4. The Morgan fingerprint density at radius 1 is 0.963 bits per heavy atom. The summed E-state index contributed by atoms with van der Waals surface area (Å²) < 4.78 is 29.1. The fourth-order valence-corrected chi connectivity index (χ4v) is 3.41. The standard InChI is InChI=1S/C20H21ClF2N2O2/c21-17-8-6-16(7-9-17)19(15-4-2-1-3-5-15)24-10-12-25(13-11-24)20(26)27-14-18(22)23/h1-9,18-19H,10-14H2. The molecule has 2 aromatic carbocycles. The van der Waals surface area contributed by atoms with Gasteiger partial charge in [-0.3, -0.25) is 4.90 Å². The molecule has 4 nitrogen and oxygen atoms in total. The zero-order valence-corrected chi connectivity index (χ0v) is 15.5. The van der Waals surface area contributed by atoms with Crippen molar-refractivity contribution in [3.05, 3.63) is 70.7 Å². The molecule has 27 heavy (non-hydrogen) atoms. The van der Waals surface area contributed by atoms with Crippen molar-refractivity contribution in [1.82, 2.24) is 9.80 Å². The maximum Gasteiger partial charge on any atom is 0.410 e. The van der Waals surface area contributed by atoms with Crippen molar-refractivity contribution < 1.29 is 18.3 Å². The van der Waals surface area contributed by atoms with Crippen LogP contribution in [0.5, 0.6) is 0 Å². The molecule has 0 aliphatic carbocycles. The minimum Gasteiger partial charge on any atom is -0.443 e. The molecule has 1 saturated heterocycles. The van der Waals surface area contributed by atoms with Crippen molar-refractivity contribution in [1.29, 1.82) is 0 Å². The Morgan fingerprint density at radius 2 is 1.56 bits per heavy atom. The van der Waals surface area contributed by atoms with Crippen LogP contribution in [0.1, 0.15) is 17.2 Å². The van der Waals surface area contributed by atoms with Gasteiger partial charge in [-0.15, -0.1) is 0 Å². The van der Waals surface area contributed by atoms with Gasteiger partial charge >= 0.3 is 6.09 Å². The van der Waals surface area contributed by atoms with Gasteiger partial charge < -0.3 is 9.64 Å². The Labute approximate surface area is 162 Å². The molecule has 0 spiro atoms. The number of hydrogen-bond donors (Lipinski definition) is 0. The number of amides is 1. The van der Waals surface area contributed by atoms with E-state index >= 15 is 0 Å². The third-order valence-electron chi connectivity index (χ3n) is 4.57. The Balaban J connectivity index is 1.71. The first-order chi connectivity index (χ1) is 13.0. The van der Waals surface area contributed by atoms with Gasteiger partial charge in [-0.25, -0.2) is 13.6 Å². The van der Waals surface area contributed by atoms with Gasteiger partial charge in [0.1, 0.15) is 0 Å². The third-order valence-corrected chi connectivity index (χ3v) is 4.82. The van der Waals surface area contributed by atoms with Gasteiger partial charge in [0.05, 0.1) is 6.04 Å². The second-order valence-corrected chi connectivity index (χ2v) is 6.79. The number of ether oxygens (including phenoxy) is 1. The van der Waals surface area contributed by atoms with Gasteiger partial charge in [-0.2, -0.15) is 0 Å². The fraction of sp³-hybridized carbons (Fsp3) is 0.350. The highest BCUT2D eigenvalue weighted by atomic mass is 35.5. The maximum absolute atomic E-state index is 12.2. The molecule has 144 valence electrons. The summed E-state index contributed by atoms with van der Waals surface area (Å²) in [7, 11) is 0. The monoisotopic (exact) mass is 394 g/mol. The first-order valence-electron chi connectivity index (χ1n) is 8.79. The van der Waals surface area contributed by atoms with Crippen LogP contribution in [-0.4, -0.2) is 55.1 Å². The lowest BCUT2D eigenvalue weighted by molar-refractivity contribution is 0.0216. The topological polar surface area (TPSA) is 32.8 Å². The minimum atomic E-state index is -2.65. The smallest absolute Gasteiger partial charge is 0.410 e. The van der Waals surface area contributed by atoms with Crippen LogP contribution < -0.4 is 0 Å². The lowest BCUT2D eigenvalue weighted by Crippen LogP contribution is -2.50. The van der Waals surface area contributed by atoms with Gasteiger partial charge in [0.15, 0.2) is 6.61 Å². The van der Waals surface area contributed by atoms with E-state index in [9.17, 15) is 13.6 Å². The van der Waals surface area contributed by atoms with E-state index in [4.69, 9.17) is 11.6 Å². The highest BCUT2D eigenvalue weighted by Gasteiger charge is 2.29. The maximum atomic E-state index is 12.2. The molecule has 1 aliphatic rings. The lowest BCUT2D eigenvalue weighted by Gasteiger charge is -2.39. The van der Waals surface area contributed by atoms with Crippen LogP contribution in [-0.2, 0) is 4.74 Å². The zero-order valence-electron chi connectivity index (χ0n) is 14.7. The predicted octanol–water partition coefficient (Wildman–Crippen LogP) is 4.45. The molecule has 1 amide bonds. The van der Waals surface area contributed by atoms with Crippen LogP contribution in [0.25, 0.3) is 0 Å². The summed E-state index contributed by atoms with van der Waals surface area (Å²) in [6.07, 6.45) is -3.33. The molecule has 0 radical (unpaired) electrons. The number of rotatable bonds is 5. The number of halogens is 3. The highest BCUT2D eigenvalue weighted by Crippen LogP contribution is 2.30. The van der Waals surface area contributed by atoms with Crippen LogP contribution in [0, 0.1) is 0 Å². The minimum absolute atomic E-state index is 0.0303. The second kappa shape index (κ2) is 9.15. The van der Waals surface area contributed by atoms with Crippen LogP contribution >= 0.6 is 11.6 Å². The number of piperazine rings is 1. The van der Waals surface area contributed by atoms with Crippen molar-refractivity contribution >= 4 is 17.7 Å². The number of carbonyl (C=O) groups is 1. The number of carbonyl (C=O) groups excluding carboxylic acids is 1. The summed E-state index contributed by atoms with van der Waals surface area (Å²) in [6, 6.07) is 17.9. The summed E-state index contributed by atoms with van der Waals surface area (Å²) >= 11 is 6.03. The molecular weight excluding hydrogens is 374 g/mol. The molecule has 2 aromatic rings. The van der Waals surface area contributed by atoms with E-state index in [2.05, 4.69) is 21.8 Å². The van der Waals surface area contributed by atoms with E-state index in [1.165, 1.54) is 4.90 Å². The van der Waals surface area contributed by atoms with Gasteiger partial charge in [-0.05, 0) is 23.3 Å². The van der Waals surface area contributed by atoms with Crippen molar-refractivity contribution in [3.8, 4) is 0 Å². The Bertz CT molecular complexity index is 735. The summed E-state index contributed by atoms with van der Waals surface area (Å²) in [5.74, 6) is 0. The van der Waals surface area contributed by atoms with Crippen molar-refractivity contribution in [2.75, 3.05) is 32.8 Å². The average Bonchev–Trinajstić information content (AvgIpc) is 2.69. The first kappa shape index (κ1) is 19.6. The van der Waals surface area contributed by atoms with E-state index in [1.54, 1.807) is 0 Å². The zero-order chi connectivity index (χ0) is 19.2. The summed E-state index contributed by atoms with van der Waals surface area (Å²) in [5, 5.41) is 0.678. The summed E-state index contributed by atoms with van der Waals surface area (Å²) in [4.78, 5) is 15.6. The molecule has 0 N–H and O–H groups in total. The van der Waals surface area contributed by atoms with Gasteiger partial charge in [0.2, 0.25) is 0 Å². The number of alkyl halides is 2. The Hall–Kier alpha value is -2.18. The molecule has 1 unspecified atom stereocenters. The average molecular weight is 395 g/mol. The van der Waals surface area contributed by atoms with E-state index in [0.29, 0.717) is 31.2 Å². The number of nitrogens with zero attached hydrogens (tertiary/aromatic N) is 2. The molecule has 1 fully saturated rings. The Kier molecular flexibility index (Phi) is 6.63. The fourth-order valence-electron chi connectivity index (χ4n) is 3.28. The van der Waals surface area contributed by atoms with Crippen LogP contribution in [0.3, 0.4) is 0 Å². The molecule has 1 atom stereocenters. The summed E-state index contributed by atoms with van der Waals surface area (Å²) in [5.41, 5.74) is 2.26.